The Morgan fingerprint density at radius 1 is 0.393 bits per heavy atom. The first-order valence-electron chi connectivity index (χ1n) is 18.8. The van der Waals surface area contributed by atoms with Gasteiger partial charge in [-0.1, -0.05) is 121 Å². The van der Waals surface area contributed by atoms with Gasteiger partial charge < -0.3 is 4.57 Å². The standard InChI is InChI=1S/C50H28N4S2/c1-2-14-30(15-3-1)53-38-22-10-6-16-31(38)37-28-29(26-27-40(37)53)46-45-36-21-9-13-25-42(36)56-49(45)52-50(51-46)54-39-23-11-7-19-34(39)43-44-35-20-8-12-24-41(35)55-48(44)33-18-5-4-17-32(33)47(43)54/h1-28H. The fourth-order valence-corrected chi connectivity index (χ4v) is 11.5. The predicted molar refractivity (Wildman–Crippen MR) is 239 cm³/mol. The van der Waals surface area contributed by atoms with E-state index >= 15 is 0 Å². The number of para-hydroxylation sites is 3. The van der Waals surface area contributed by atoms with E-state index in [1.807, 2.05) is 11.3 Å². The number of benzene rings is 8. The minimum absolute atomic E-state index is 0.682. The lowest BCUT2D eigenvalue weighted by Gasteiger charge is -2.12. The maximum absolute atomic E-state index is 5.68. The molecule has 0 N–H and O–H groups in total. The third-order valence-corrected chi connectivity index (χ3v) is 13.8. The summed E-state index contributed by atoms with van der Waals surface area (Å²) in [4.78, 5) is 12.2. The number of rotatable bonds is 3. The summed E-state index contributed by atoms with van der Waals surface area (Å²) in [5.74, 6) is 0.682. The van der Waals surface area contributed by atoms with Crippen LogP contribution in [0.1, 0.15) is 0 Å². The fourth-order valence-electron chi connectivity index (χ4n) is 9.22. The van der Waals surface area contributed by atoms with Gasteiger partial charge in [-0.15, -0.1) is 22.7 Å². The van der Waals surface area contributed by atoms with E-state index in [0.717, 1.165) is 38.2 Å². The highest BCUT2D eigenvalue weighted by atomic mass is 32.1. The average Bonchev–Trinajstić information content (AvgIpc) is 4.01. The van der Waals surface area contributed by atoms with E-state index in [1.165, 1.54) is 73.6 Å². The molecule has 0 aliphatic rings. The molecule has 56 heavy (non-hydrogen) atoms. The van der Waals surface area contributed by atoms with Crippen LogP contribution in [-0.2, 0) is 0 Å². The smallest absolute Gasteiger partial charge is 0.236 e. The summed E-state index contributed by atoms with van der Waals surface area (Å²) in [6.07, 6.45) is 0. The van der Waals surface area contributed by atoms with Gasteiger partial charge in [-0.25, -0.2) is 9.97 Å². The Morgan fingerprint density at radius 3 is 1.77 bits per heavy atom. The third-order valence-electron chi connectivity index (χ3n) is 11.5. The van der Waals surface area contributed by atoms with Gasteiger partial charge in [0.25, 0.3) is 0 Å². The molecule has 0 aliphatic carbocycles. The summed E-state index contributed by atoms with van der Waals surface area (Å²) in [5.41, 5.74) is 7.76. The number of hydrogen-bond donors (Lipinski definition) is 0. The van der Waals surface area contributed by atoms with Gasteiger partial charge >= 0.3 is 0 Å². The molecule has 13 aromatic rings. The van der Waals surface area contributed by atoms with Crippen LogP contribution in [0, 0.1) is 0 Å². The molecule has 4 nitrogen and oxygen atoms in total. The highest BCUT2D eigenvalue weighted by molar-refractivity contribution is 7.27. The van der Waals surface area contributed by atoms with Gasteiger partial charge in [0.15, 0.2) is 0 Å². The van der Waals surface area contributed by atoms with Crippen LogP contribution in [0.15, 0.2) is 170 Å². The van der Waals surface area contributed by atoms with Crippen molar-refractivity contribution >= 4 is 118 Å². The van der Waals surface area contributed by atoms with Crippen molar-refractivity contribution in [2.45, 2.75) is 0 Å². The van der Waals surface area contributed by atoms with Crippen molar-refractivity contribution in [3.05, 3.63) is 170 Å². The minimum Gasteiger partial charge on any atom is -0.309 e. The maximum Gasteiger partial charge on any atom is 0.236 e. The molecule has 0 amide bonds. The van der Waals surface area contributed by atoms with Crippen LogP contribution in [0.3, 0.4) is 0 Å². The van der Waals surface area contributed by atoms with Gasteiger partial charge in [0.05, 0.1) is 27.8 Å². The van der Waals surface area contributed by atoms with Crippen molar-refractivity contribution in [2.24, 2.45) is 0 Å². The first-order chi connectivity index (χ1) is 27.8. The van der Waals surface area contributed by atoms with Crippen LogP contribution in [0.2, 0.25) is 0 Å². The molecule has 0 fully saturated rings. The molecule has 0 saturated carbocycles. The molecular formula is C50H28N4S2. The van der Waals surface area contributed by atoms with Crippen LogP contribution < -0.4 is 0 Å². The summed E-state index contributed by atoms with van der Waals surface area (Å²) < 4.78 is 8.53. The van der Waals surface area contributed by atoms with Gasteiger partial charge in [0.1, 0.15) is 4.83 Å². The molecule has 5 aromatic heterocycles. The van der Waals surface area contributed by atoms with E-state index in [4.69, 9.17) is 9.97 Å². The number of aromatic nitrogens is 4. The third kappa shape index (κ3) is 4.06. The molecule has 0 unspecified atom stereocenters. The topological polar surface area (TPSA) is 35.6 Å². The zero-order valence-electron chi connectivity index (χ0n) is 29.8. The quantitative estimate of drug-likeness (QED) is 0.180. The first-order valence-corrected chi connectivity index (χ1v) is 20.5. The van der Waals surface area contributed by atoms with Crippen LogP contribution >= 0.6 is 22.7 Å². The molecule has 0 atom stereocenters. The lowest BCUT2D eigenvalue weighted by atomic mass is 10.00. The Balaban J connectivity index is 1.18. The van der Waals surface area contributed by atoms with Crippen molar-refractivity contribution in [1.82, 2.24) is 19.1 Å². The summed E-state index contributed by atoms with van der Waals surface area (Å²) >= 11 is 3.63. The molecular weight excluding hydrogens is 721 g/mol. The highest BCUT2D eigenvalue weighted by Gasteiger charge is 2.25. The van der Waals surface area contributed by atoms with Gasteiger partial charge in [-0.05, 0) is 48.5 Å². The average molecular weight is 749 g/mol. The largest absolute Gasteiger partial charge is 0.309 e. The monoisotopic (exact) mass is 748 g/mol. The van der Waals surface area contributed by atoms with Gasteiger partial charge in [0.2, 0.25) is 5.95 Å². The Morgan fingerprint density at radius 2 is 0.982 bits per heavy atom. The zero-order chi connectivity index (χ0) is 36.5. The molecule has 13 rings (SSSR count). The summed E-state index contributed by atoms with van der Waals surface area (Å²) in [6.45, 7) is 0. The number of hydrogen-bond acceptors (Lipinski definition) is 4. The second kappa shape index (κ2) is 11.3. The Kier molecular flexibility index (Phi) is 6.17. The van der Waals surface area contributed by atoms with E-state index in [9.17, 15) is 0 Å². The van der Waals surface area contributed by atoms with E-state index in [0.29, 0.717) is 5.95 Å². The van der Waals surface area contributed by atoms with Crippen LogP contribution in [0.5, 0.6) is 0 Å². The van der Waals surface area contributed by atoms with E-state index in [1.54, 1.807) is 11.3 Å². The Hall–Kier alpha value is -6.86. The highest BCUT2D eigenvalue weighted by Crippen LogP contribution is 2.48. The molecule has 0 spiro atoms. The molecule has 6 heteroatoms. The molecule has 8 aromatic carbocycles. The molecule has 260 valence electrons. The normalized spacial score (nSPS) is 12.3. The first kappa shape index (κ1) is 30.5. The van der Waals surface area contributed by atoms with E-state index in [-0.39, 0.29) is 0 Å². The van der Waals surface area contributed by atoms with E-state index < -0.39 is 0 Å². The number of fused-ring (bicyclic) bond motifs is 16. The van der Waals surface area contributed by atoms with Crippen molar-refractivity contribution in [1.29, 1.82) is 0 Å². The Labute approximate surface area is 327 Å². The Bertz CT molecular complexity index is 3770. The lowest BCUT2D eigenvalue weighted by Crippen LogP contribution is -2.03. The number of thiophene rings is 2. The molecule has 5 heterocycles. The minimum atomic E-state index is 0.682. The lowest BCUT2D eigenvalue weighted by molar-refractivity contribution is 1.02. The van der Waals surface area contributed by atoms with Gasteiger partial charge in [-0.3, -0.25) is 4.57 Å². The van der Waals surface area contributed by atoms with Crippen molar-refractivity contribution < 1.29 is 0 Å². The van der Waals surface area contributed by atoms with Gasteiger partial charge in [0, 0.05) is 79.2 Å². The zero-order valence-corrected chi connectivity index (χ0v) is 31.4. The predicted octanol–water partition coefficient (Wildman–Crippen LogP) is 14.2. The molecule has 0 saturated heterocycles. The summed E-state index contributed by atoms with van der Waals surface area (Å²) in [7, 11) is 0. The molecule has 0 aliphatic heterocycles. The molecule has 0 bridgehead atoms. The SMILES string of the molecule is c1ccc(-n2c3ccccc3c3cc(-c4nc(-n5c6ccccc6c6c7c8ccccc8sc7c7ccccc7c65)nc5sc6ccccc6c45)ccc32)cc1. The second-order valence-electron chi connectivity index (χ2n) is 14.5. The number of nitrogens with zero attached hydrogens (tertiary/aromatic N) is 4. The van der Waals surface area contributed by atoms with Crippen LogP contribution in [-0.4, -0.2) is 19.1 Å². The van der Waals surface area contributed by atoms with Crippen LogP contribution in [0.4, 0.5) is 0 Å². The van der Waals surface area contributed by atoms with Crippen molar-refractivity contribution in [2.75, 3.05) is 0 Å². The van der Waals surface area contributed by atoms with Crippen molar-refractivity contribution in [3.8, 4) is 22.9 Å². The summed E-state index contributed by atoms with van der Waals surface area (Å²) in [5, 5.41) is 12.2. The van der Waals surface area contributed by atoms with Crippen molar-refractivity contribution in [3.63, 3.8) is 0 Å². The maximum atomic E-state index is 5.68. The molecule has 0 radical (unpaired) electrons. The van der Waals surface area contributed by atoms with Gasteiger partial charge in [-0.2, -0.15) is 0 Å². The summed E-state index contributed by atoms with van der Waals surface area (Å²) in [6, 6.07) is 61.4. The van der Waals surface area contributed by atoms with E-state index in [2.05, 4.69) is 179 Å². The fraction of sp³-hybridized carbons (Fsp3) is 0. The second-order valence-corrected chi connectivity index (χ2v) is 16.6. The van der Waals surface area contributed by atoms with Crippen LogP contribution in [0.25, 0.3) is 118 Å².